The lowest BCUT2D eigenvalue weighted by atomic mass is 10.0. The van der Waals surface area contributed by atoms with E-state index in [9.17, 15) is 9.59 Å². The largest absolute Gasteiger partial charge is 0.311 e. The molecule has 0 radical (unpaired) electrons. The summed E-state index contributed by atoms with van der Waals surface area (Å²) in [7, 11) is 0. The van der Waals surface area contributed by atoms with E-state index < -0.39 is 5.91 Å². The van der Waals surface area contributed by atoms with E-state index in [2.05, 4.69) is 25.5 Å². The summed E-state index contributed by atoms with van der Waals surface area (Å²) in [4.78, 5) is 35.3. The molecular formula is C25H25N7O2. The van der Waals surface area contributed by atoms with Gasteiger partial charge in [0.15, 0.2) is 5.82 Å². The Balaban J connectivity index is 1.50. The first-order valence-corrected chi connectivity index (χ1v) is 11.3. The molecule has 4 aromatic heterocycles. The van der Waals surface area contributed by atoms with Gasteiger partial charge in [0.25, 0.3) is 11.5 Å². The number of hydrogen-bond acceptors (Lipinski definition) is 6. The average molecular weight is 456 g/mol. The lowest BCUT2D eigenvalue weighted by molar-refractivity contribution is 0.102. The third-order valence-corrected chi connectivity index (χ3v) is 6.01. The first-order chi connectivity index (χ1) is 16.4. The van der Waals surface area contributed by atoms with Crippen LogP contribution in [-0.4, -0.2) is 35.2 Å². The molecule has 0 unspecified atom stereocenters. The van der Waals surface area contributed by atoms with E-state index in [-0.39, 0.29) is 17.2 Å². The Kier molecular flexibility index (Phi) is 5.53. The van der Waals surface area contributed by atoms with Crippen LogP contribution in [0.4, 0.5) is 5.82 Å². The number of rotatable bonds is 5. The standard InChI is InChI=1S/C25H25N7O2/c1-15(2)32-14-27-30-23(32)20-6-4-8-22(28-20)29-24(33)19-12-18(17-10-9-16(3)26-13-17)21-7-5-11-31(21)25(19)34/h4,6,8-10,12-15H,5,7,11H2,1-3H3,(H,28,29,33). The van der Waals surface area contributed by atoms with Crippen LogP contribution < -0.4 is 10.9 Å². The lowest BCUT2D eigenvalue weighted by Gasteiger charge is -2.14. The topological polar surface area (TPSA) is 108 Å². The number of hydrogen-bond donors (Lipinski definition) is 1. The molecule has 4 aromatic rings. The molecule has 5 heterocycles. The number of aryl methyl sites for hydroxylation is 1. The van der Waals surface area contributed by atoms with E-state index in [0.717, 1.165) is 35.4 Å². The minimum atomic E-state index is -0.497. The Labute approximate surface area is 196 Å². The summed E-state index contributed by atoms with van der Waals surface area (Å²) in [6.07, 6.45) is 5.10. The highest BCUT2D eigenvalue weighted by atomic mass is 16.2. The first-order valence-electron chi connectivity index (χ1n) is 11.3. The van der Waals surface area contributed by atoms with Gasteiger partial charge in [-0.2, -0.15) is 0 Å². The number of carbonyl (C=O) groups excluding carboxylic acids is 1. The Morgan fingerprint density at radius 2 is 2.03 bits per heavy atom. The molecule has 34 heavy (non-hydrogen) atoms. The number of aromatic nitrogens is 6. The van der Waals surface area contributed by atoms with Crippen molar-refractivity contribution in [2.75, 3.05) is 5.32 Å². The van der Waals surface area contributed by atoms with Gasteiger partial charge in [-0.25, -0.2) is 4.98 Å². The maximum absolute atomic E-state index is 13.2. The van der Waals surface area contributed by atoms with Crippen LogP contribution >= 0.6 is 0 Å². The zero-order chi connectivity index (χ0) is 23.8. The van der Waals surface area contributed by atoms with Crippen molar-refractivity contribution < 1.29 is 4.79 Å². The maximum atomic E-state index is 13.2. The molecule has 9 heteroatoms. The lowest BCUT2D eigenvalue weighted by Crippen LogP contribution is -2.29. The smallest absolute Gasteiger partial charge is 0.263 e. The van der Waals surface area contributed by atoms with Gasteiger partial charge in [-0.15, -0.1) is 10.2 Å². The number of pyridine rings is 3. The molecule has 5 rings (SSSR count). The number of amides is 1. The molecule has 1 amide bonds. The molecule has 1 aliphatic rings. The van der Waals surface area contributed by atoms with E-state index >= 15 is 0 Å². The molecule has 0 bridgehead atoms. The van der Waals surface area contributed by atoms with Crippen LogP contribution in [0.3, 0.4) is 0 Å². The fourth-order valence-corrected chi connectivity index (χ4v) is 4.27. The van der Waals surface area contributed by atoms with Gasteiger partial charge < -0.3 is 14.5 Å². The number of carbonyl (C=O) groups is 1. The zero-order valence-electron chi connectivity index (χ0n) is 19.3. The van der Waals surface area contributed by atoms with Gasteiger partial charge in [-0.1, -0.05) is 12.1 Å². The van der Waals surface area contributed by atoms with Gasteiger partial charge in [0.05, 0.1) is 0 Å². The predicted molar refractivity (Wildman–Crippen MR) is 129 cm³/mol. The molecule has 0 aromatic carbocycles. The fourth-order valence-electron chi connectivity index (χ4n) is 4.27. The molecule has 0 spiro atoms. The van der Waals surface area contributed by atoms with Crippen LogP contribution in [0.15, 0.2) is 53.7 Å². The van der Waals surface area contributed by atoms with Crippen molar-refractivity contribution in [1.29, 1.82) is 0 Å². The summed E-state index contributed by atoms with van der Waals surface area (Å²) in [5.41, 5.74) is 3.98. The van der Waals surface area contributed by atoms with Crippen molar-refractivity contribution in [2.45, 2.75) is 46.2 Å². The minimum Gasteiger partial charge on any atom is -0.311 e. The van der Waals surface area contributed by atoms with E-state index in [0.29, 0.717) is 23.9 Å². The molecule has 1 aliphatic heterocycles. The second kappa shape index (κ2) is 8.66. The summed E-state index contributed by atoms with van der Waals surface area (Å²) >= 11 is 0. The highest BCUT2D eigenvalue weighted by molar-refractivity contribution is 6.04. The van der Waals surface area contributed by atoms with Crippen molar-refractivity contribution >= 4 is 11.7 Å². The third kappa shape index (κ3) is 3.89. The summed E-state index contributed by atoms with van der Waals surface area (Å²) in [5, 5.41) is 10.9. The van der Waals surface area contributed by atoms with Gasteiger partial charge in [-0.3, -0.25) is 14.6 Å². The van der Waals surface area contributed by atoms with Crippen molar-refractivity contribution in [3.63, 3.8) is 0 Å². The molecule has 0 saturated heterocycles. The van der Waals surface area contributed by atoms with Gasteiger partial charge >= 0.3 is 0 Å². The number of nitrogens with one attached hydrogen (secondary N) is 1. The summed E-state index contributed by atoms with van der Waals surface area (Å²) in [6.45, 7) is 6.58. The monoisotopic (exact) mass is 455 g/mol. The van der Waals surface area contributed by atoms with Crippen LogP contribution in [0.1, 0.15) is 48.1 Å². The summed E-state index contributed by atoms with van der Waals surface area (Å²) in [5.74, 6) is 0.450. The maximum Gasteiger partial charge on any atom is 0.263 e. The average Bonchev–Trinajstić information content (AvgIpc) is 3.51. The van der Waals surface area contributed by atoms with E-state index in [4.69, 9.17) is 0 Å². The predicted octanol–water partition coefficient (Wildman–Crippen LogP) is 3.65. The van der Waals surface area contributed by atoms with Crippen LogP contribution in [0, 0.1) is 6.92 Å². The SMILES string of the molecule is Cc1ccc(-c2cc(C(=O)Nc3cccc(-c4nncn4C(C)C)n3)c(=O)n3c2CCC3)cn1. The molecule has 172 valence electrons. The zero-order valence-corrected chi connectivity index (χ0v) is 19.3. The van der Waals surface area contributed by atoms with Crippen molar-refractivity contribution in [2.24, 2.45) is 0 Å². The van der Waals surface area contributed by atoms with E-state index in [1.165, 1.54) is 0 Å². The first kappa shape index (κ1) is 21.7. The number of fused-ring (bicyclic) bond motifs is 1. The van der Waals surface area contributed by atoms with Gasteiger partial charge in [0.1, 0.15) is 23.4 Å². The van der Waals surface area contributed by atoms with Gasteiger partial charge in [-0.05, 0) is 57.9 Å². The van der Waals surface area contributed by atoms with E-state index in [1.807, 2.05) is 43.5 Å². The van der Waals surface area contributed by atoms with Gasteiger partial charge in [0.2, 0.25) is 0 Å². The third-order valence-electron chi connectivity index (χ3n) is 6.01. The Hall–Kier alpha value is -4.14. The second-order valence-electron chi connectivity index (χ2n) is 8.68. The van der Waals surface area contributed by atoms with Crippen molar-refractivity contribution in [3.8, 4) is 22.6 Å². The summed E-state index contributed by atoms with van der Waals surface area (Å²) in [6, 6.07) is 11.0. The molecule has 1 N–H and O–H groups in total. The molecule has 0 fully saturated rings. The van der Waals surface area contributed by atoms with Crippen molar-refractivity contribution in [1.82, 2.24) is 29.3 Å². The Bertz CT molecular complexity index is 1430. The molecule has 0 saturated carbocycles. The van der Waals surface area contributed by atoms with Crippen LogP contribution in [0.2, 0.25) is 0 Å². The number of anilines is 1. The molecule has 0 atom stereocenters. The quantitative estimate of drug-likeness (QED) is 0.492. The molecular weight excluding hydrogens is 430 g/mol. The second-order valence-corrected chi connectivity index (χ2v) is 8.68. The number of nitrogens with zero attached hydrogens (tertiary/aromatic N) is 6. The van der Waals surface area contributed by atoms with Crippen LogP contribution in [0.5, 0.6) is 0 Å². The minimum absolute atomic E-state index is 0.0822. The van der Waals surface area contributed by atoms with Gasteiger partial charge in [0, 0.05) is 41.3 Å². The van der Waals surface area contributed by atoms with E-state index in [1.54, 1.807) is 35.3 Å². The van der Waals surface area contributed by atoms with Crippen LogP contribution in [0.25, 0.3) is 22.6 Å². The Morgan fingerprint density at radius 1 is 1.18 bits per heavy atom. The molecule has 9 nitrogen and oxygen atoms in total. The normalized spacial score (nSPS) is 12.7. The summed E-state index contributed by atoms with van der Waals surface area (Å²) < 4.78 is 3.61. The highest BCUT2D eigenvalue weighted by Crippen LogP contribution is 2.28. The van der Waals surface area contributed by atoms with Crippen molar-refractivity contribution in [3.05, 3.63) is 76.2 Å². The Morgan fingerprint density at radius 3 is 2.79 bits per heavy atom. The molecule has 0 aliphatic carbocycles. The fraction of sp³-hybridized carbons (Fsp3) is 0.280. The highest BCUT2D eigenvalue weighted by Gasteiger charge is 2.23. The van der Waals surface area contributed by atoms with Crippen LogP contribution in [-0.2, 0) is 13.0 Å².